The average molecular weight is 218 g/mol. The molecule has 2 rings (SSSR count). The van der Waals surface area contributed by atoms with Crippen LogP contribution in [0.15, 0.2) is 18.2 Å². The number of carboxylic acids is 1. The second-order valence-corrected chi connectivity index (χ2v) is 3.89. The molecule has 1 aromatic heterocycles. The van der Waals surface area contributed by atoms with Gasteiger partial charge in [0.1, 0.15) is 0 Å². The van der Waals surface area contributed by atoms with Crippen molar-refractivity contribution in [1.29, 1.82) is 0 Å². The Bertz CT molecular complexity index is 543. The zero-order valence-electron chi connectivity index (χ0n) is 9.08. The Labute approximate surface area is 93.1 Å². The second-order valence-electron chi connectivity index (χ2n) is 3.89. The number of nitrogens with two attached hydrogens (primary N) is 1. The van der Waals surface area contributed by atoms with Crippen LogP contribution in [0.3, 0.4) is 0 Å². The summed E-state index contributed by atoms with van der Waals surface area (Å²) in [5.41, 5.74) is 9.49. The van der Waals surface area contributed by atoms with Crippen molar-refractivity contribution in [2.24, 2.45) is 0 Å². The van der Waals surface area contributed by atoms with Gasteiger partial charge in [0.2, 0.25) is 0 Å². The van der Waals surface area contributed by atoms with Crippen LogP contribution in [0.5, 0.6) is 0 Å². The molecule has 0 radical (unpaired) electrons. The highest BCUT2D eigenvalue weighted by Gasteiger charge is 2.10. The zero-order valence-corrected chi connectivity index (χ0v) is 9.08. The van der Waals surface area contributed by atoms with Crippen molar-refractivity contribution in [3.63, 3.8) is 0 Å². The van der Waals surface area contributed by atoms with Crippen molar-refractivity contribution >= 4 is 22.6 Å². The van der Waals surface area contributed by atoms with E-state index >= 15 is 0 Å². The monoisotopic (exact) mass is 218 g/mol. The van der Waals surface area contributed by atoms with Crippen LogP contribution in [-0.2, 0) is 11.2 Å². The summed E-state index contributed by atoms with van der Waals surface area (Å²) in [6, 6.07) is 5.68. The Morgan fingerprint density at radius 2 is 2.25 bits per heavy atom. The van der Waals surface area contributed by atoms with Crippen molar-refractivity contribution in [3.05, 3.63) is 29.5 Å². The number of anilines is 1. The number of para-hydroxylation sites is 1. The second kappa shape index (κ2) is 3.89. The number of H-pyrrole nitrogens is 1. The Morgan fingerprint density at radius 1 is 1.50 bits per heavy atom. The van der Waals surface area contributed by atoms with Crippen molar-refractivity contribution in [2.45, 2.75) is 19.8 Å². The molecule has 0 aliphatic carbocycles. The number of aliphatic carboxylic acids is 1. The van der Waals surface area contributed by atoms with Gasteiger partial charge in [-0.2, -0.15) is 0 Å². The van der Waals surface area contributed by atoms with Gasteiger partial charge in [-0.3, -0.25) is 4.79 Å². The van der Waals surface area contributed by atoms with Gasteiger partial charge in [-0.25, -0.2) is 0 Å². The summed E-state index contributed by atoms with van der Waals surface area (Å²) in [5.74, 6) is -0.780. The van der Waals surface area contributed by atoms with E-state index in [-0.39, 0.29) is 6.42 Å². The summed E-state index contributed by atoms with van der Waals surface area (Å²) in [5, 5.41) is 9.72. The first-order chi connectivity index (χ1) is 7.59. The van der Waals surface area contributed by atoms with E-state index in [0.29, 0.717) is 12.1 Å². The first-order valence-corrected chi connectivity index (χ1v) is 5.17. The van der Waals surface area contributed by atoms with E-state index in [9.17, 15) is 4.79 Å². The van der Waals surface area contributed by atoms with Gasteiger partial charge < -0.3 is 15.8 Å². The van der Waals surface area contributed by atoms with E-state index in [1.165, 1.54) is 0 Å². The maximum absolute atomic E-state index is 10.6. The first kappa shape index (κ1) is 10.5. The highest BCUT2D eigenvalue weighted by Crippen LogP contribution is 2.27. The maximum Gasteiger partial charge on any atom is 0.303 e. The topological polar surface area (TPSA) is 79.1 Å². The van der Waals surface area contributed by atoms with Crippen molar-refractivity contribution < 1.29 is 9.90 Å². The summed E-state index contributed by atoms with van der Waals surface area (Å²) in [6.45, 7) is 1.94. The minimum absolute atomic E-state index is 0.141. The Morgan fingerprint density at radius 3 is 2.94 bits per heavy atom. The number of hydrogen-bond acceptors (Lipinski definition) is 2. The van der Waals surface area contributed by atoms with Crippen LogP contribution in [0, 0.1) is 6.92 Å². The lowest BCUT2D eigenvalue weighted by Gasteiger charge is -1.99. The van der Waals surface area contributed by atoms with Crippen molar-refractivity contribution in [3.8, 4) is 0 Å². The molecule has 4 heteroatoms. The van der Waals surface area contributed by atoms with Gasteiger partial charge in [-0.05, 0) is 25.0 Å². The molecule has 0 aliphatic rings. The summed E-state index contributed by atoms with van der Waals surface area (Å²) in [4.78, 5) is 13.8. The van der Waals surface area contributed by atoms with Crippen LogP contribution in [0.25, 0.3) is 10.9 Å². The maximum atomic E-state index is 10.6. The fourth-order valence-electron chi connectivity index (χ4n) is 1.98. The van der Waals surface area contributed by atoms with Gasteiger partial charge in [0.15, 0.2) is 0 Å². The molecule has 0 amide bonds. The normalized spacial score (nSPS) is 10.8. The van der Waals surface area contributed by atoms with Crippen molar-refractivity contribution in [1.82, 2.24) is 4.98 Å². The summed E-state index contributed by atoms with van der Waals surface area (Å²) >= 11 is 0. The number of benzene rings is 1. The van der Waals surface area contributed by atoms with E-state index in [0.717, 1.165) is 22.2 Å². The largest absolute Gasteiger partial charge is 0.481 e. The standard InChI is InChI=1S/C12H14N2O2/c1-7-8(5-6-11(15)16)9-3-2-4-10(13)12(9)14-7/h2-4,14H,5-6,13H2,1H3,(H,15,16). The molecule has 0 saturated carbocycles. The highest BCUT2D eigenvalue weighted by atomic mass is 16.4. The molecule has 0 aliphatic heterocycles. The molecule has 84 valence electrons. The van der Waals surface area contributed by atoms with E-state index in [1.54, 1.807) is 0 Å². The van der Waals surface area contributed by atoms with Gasteiger partial charge in [-0.1, -0.05) is 12.1 Å². The van der Waals surface area contributed by atoms with E-state index in [4.69, 9.17) is 10.8 Å². The molecule has 0 saturated heterocycles. The zero-order chi connectivity index (χ0) is 11.7. The molecule has 4 N–H and O–H groups in total. The fraction of sp³-hybridized carbons (Fsp3) is 0.250. The lowest BCUT2D eigenvalue weighted by Crippen LogP contribution is -1.98. The molecule has 4 nitrogen and oxygen atoms in total. The summed E-state index contributed by atoms with van der Waals surface area (Å²) in [7, 11) is 0. The third-order valence-electron chi connectivity index (χ3n) is 2.78. The number of rotatable bonds is 3. The number of nitrogen functional groups attached to an aromatic ring is 1. The van der Waals surface area contributed by atoms with Crippen LogP contribution in [-0.4, -0.2) is 16.1 Å². The molecular weight excluding hydrogens is 204 g/mol. The molecule has 1 aromatic carbocycles. The first-order valence-electron chi connectivity index (χ1n) is 5.17. The number of carboxylic acid groups (broad SMARTS) is 1. The third kappa shape index (κ3) is 1.74. The minimum Gasteiger partial charge on any atom is -0.481 e. The Balaban J connectivity index is 2.48. The quantitative estimate of drug-likeness (QED) is 0.690. The number of carbonyl (C=O) groups is 1. The van der Waals surface area contributed by atoms with Gasteiger partial charge in [0, 0.05) is 17.5 Å². The van der Waals surface area contributed by atoms with Gasteiger partial charge in [0.25, 0.3) is 0 Å². The van der Waals surface area contributed by atoms with Gasteiger partial charge >= 0.3 is 5.97 Å². The summed E-state index contributed by atoms with van der Waals surface area (Å²) in [6.07, 6.45) is 0.674. The van der Waals surface area contributed by atoms with Gasteiger partial charge in [-0.15, -0.1) is 0 Å². The average Bonchev–Trinajstić information content (AvgIpc) is 2.53. The van der Waals surface area contributed by atoms with Crippen LogP contribution >= 0.6 is 0 Å². The number of nitrogens with one attached hydrogen (secondary N) is 1. The van der Waals surface area contributed by atoms with E-state index in [2.05, 4.69) is 4.98 Å². The Hall–Kier alpha value is -1.97. The third-order valence-corrected chi connectivity index (χ3v) is 2.78. The number of fused-ring (bicyclic) bond motifs is 1. The van der Waals surface area contributed by atoms with Gasteiger partial charge in [0.05, 0.1) is 11.2 Å². The molecule has 0 unspecified atom stereocenters. The van der Waals surface area contributed by atoms with Crippen molar-refractivity contribution in [2.75, 3.05) is 5.73 Å². The lowest BCUT2D eigenvalue weighted by molar-refractivity contribution is -0.136. The predicted octanol–water partition coefficient (Wildman–Crippen LogP) is 2.08. The molecule has 2 aromatic rings. The van der Waals surface area contributed by atoms with E-state index in [1.807, 2.05) is 25.1 Å². The number of aryl methyl sites for hydroxylation is 2. The number of aromatic nitrogens is 1. The minimum atomic E-state index is -0.780. The molecular formula is C12H14N2O2. The number of hydrogen-bond donors (Lipinski definition) is 3. The van der Waals surface area contributed by atoms with Crippen LogP contribution in [0.4, 0.5) is 5.69 Å². The molecule has 0 atom stereocenters. The fourth-order valence-corrected chi connectivity index (χ4v) is 1.98. The van der Waals surface area contributed by atoms with Crippen LogP contribution in [0.2, 0.25) is 0 Å². The predicted molar refractivity (Wildman–Crippen MR) is 63.4 cm³/mol. The molecule has 1 heterocycles. The van der Waals surface area contributed by atoms with Crippen LogP contribution < -0.4 is 5.73 Å². The smallest absolute Gasteiger partial charge is 0.303 e. The lowest BCUT2D eigenvalue weighted by atomic mass is 10.1. The number of aromatic amines is 1. The summed E-state index contributed by atoms with van der Waals surface area (Å²) < 4.78 is 0. The molecule has 0 spiro atoms. The van der Waals surface area contributed by atoms with E-state index < -0.39 is 5.97 Å². The Kier molecular flexibility index (Phi) is 2.56. The molecule has 0 bridgehead atoms. The molecule has 0 fully saturated rings. The highest BCUT2D eigenvalue weighted by molar-refractivity contribution is 5.93. The SMILES string of the molecule is Cc1[nH]c2c(N)cccc2c1CCC(=O)O. The molecule has 16 heavy (non-hydrogen) atoms. The van der Waals surface area contributed by atoms with Crippen LogP contribution in [0.1, 0.15) is 17.7 Å².